The average Bonchev–Trinajstić information content (AvgIpc) is 3.00. The Morgan fingerprint density at radius 3 is 1.53 bits per heavy atom. The molecule has 0 aliphatic heterocycles. The molecule has 1 aliphatic rings. The Labute approximate surface area is 190 Å². The molecule has 0 saturated heterocycles. The second-order valence-electron chi connectivity index (χ2n) is 8.01. The molecule has 4 nitrogen and oxygen atoms in total. The van der Waals surface area contributed by atoms with Crippen molar-refractivity contribution in [2.24, 2.45) is 0 Å². The van der Waals surface area contributed by atoms with Gasteiger partial charge in [0.25, 0.3) is 0 Å². The minimum absolute atomic E-state index is 0.243. The highest BCUT2D eigenvalue weighted by atomic mass is 16.6. The fourth-order valence-electron chi connectivity index (χ4n) is 3.87. The van der Waals surface area contributed by atoms with Gasteiger partial charge < -0.3 is 19.3 Å². The van der Waals surface area contributed by atoms with E-state index in [2.05, 4.69) is 0 Å². The molecule has 32 heavy (non-hydrogen) atoms. The summed E-state index contributed by atoms with van der Waals surface area (Å²) in [6, 6.07) is 30.1. The number of hydrogen-bond donors (Lipinski definition) is 1. The van der Waals surface area contributed by atoms with E-state index >= 15 is 0 Å². The second-order valence-corrected chi connectivity index (χ2v) is 8.01. The van der Waals surface area contributed by atoms with Crippen LogP contribution in [0.15, 0.2) is 103 Å². The van der Waals surface area contributed by atoms with Crippen LogP contribution >= 0.6 is 0 Å². The quantitative estimate of drug-likeness (QED) is 0.482. The molecule has 0 saturated carbocycles. The predicted molar refractivity (Wildman–Crippen MR) is 125 cm³/mol. The largest absolute Gasteiger partial charge is 0.386 e. The molecule has 1 N–H and O–H groups in total. The smallest absolute Gasteiger partial charge is 0.116 e. The third kappa shape index (κ3) is 6.38. The lowest BCUT2D eigenvalue weighted by atomic mass is 10.0. The number of aliphatic hydroxyl groups excluding tert-OH is 1. The van der Waals surface area contributed by atoms with E-state index in [0.717, 1.165) is 16.7 Å². The molecule has 4 rings (SSSR count). The van der Waals surface area contributed by atoms with Crippen molar-refractivity contribution in [1.29, 1.82) is 0 Å². The molecule has 0 spiro atoms. The number of benzene rings is 3. The predicted octanol–water partition coefficient (Wildman–Crippen LogP) is 5.06. The molecule has 0 aromatic heterocycles. The molecule has 0 radical (unpaired) electrons. The minimum atomic E-state index is -0.773. The number of rotatable bonds is 9. The van der Waals surface area contributed by atoms with Crippen molar-refractivity contribution in [3.05, 3.63) is 120 Å². The van der Waals surface area contributed by atoms with Crippen molar-refractivity contribution in [3.8, 4) is 0 Å². The van der Waals surface area contributed by atoms with Crippen LogP contribution in [-0.2, 0) is 34.0 Å². The summed E-state index contributed by atoms with van der Waals surface area (Å²) in [7, 11) is 0. The molecule has 0 fully saturated rings. The summed E-state index contributed by atoms with van der Waals surface area (Å²) in [5, 5.41) is 10.9. The molecule has 1 aliphatic carbocycles. The van der Waals surface area contributed by atoms with E-state index in [0.29, 0.717) is 26.2 Å². The van der Waals surface area contributed by atoms with Crippen molar-refractivity contribution in [1.82, 2.24) is 0 Å². The molecule has 0 unspecified atom stereocenters. The lowest BCUT2D eigenvalue weighted by Crippen LogP contribution is -2.46. The van der Waals surface area contributed by atoms with Crippen LogP contribution in [0.5, 0.6) is 0 Å². The Morgan fingerprint density at radius 1 is 0.594 bits per heavy atom. The maximum absolute atomic E-state index is 10.9. The van der Waals surface area contributed by atoms with Crippen LogP contribution in [0.1, 0.15) is 23.1 Å². The Kier molecular flexibility index (Phi) is 8.23. The highest BCUT2D eigenvalue weighted by molar-refractivity contribution is 5.16. The van der Waals surface area contributed by atoms with Gasteiger partial charge in [0.2, 0.25) is 0 Å². The monoisotopic (exact) mass is 430 g/mol. The summed E-state index contributed by atoms with van der Waals surface area (Å²) in [5.74, 6) is 0. The fourth-order valence-corrected chi connectivity index (χ4v) is 3.87. The SMILES string of the molecule is O[C@@H]1C=CC[C@H](OCc2ccccc2)[C@H](OCc2ccccc2)[C@H]1OCc1ccccc1. The standard InChI is InChI=1S/C28H30O4/c29-25-17-10-18-26(30-19-22-11-4-1-5-12-22)28(32-21-24-15-8-3-9-16-24)27(25)31-20-23-13-6-2-7-14-23/h1-17,25-29H,18-21H2/t25-,26+,27+,28+/m1/s1. The van der Waals surface area contributed by atoms with Crippen molar-refractivity contribution < 1.29 is 19.3 Å². The number of hydrogen-bond acceptors (Lipinski definition) is 4. The first kappa shape index (κ1) is 22.4. The third-order valence-corrected chi connectivity index (χ3v) is 5.61. The molecule has 0 amide bonds. The van der Waals surface area contributed by atoms with Gasteiger partial charge in [-0.15, -0.1) is 0 Å². The first-order valence-electron chi connectivity index (χ1n) is 11.1. The lowest BCUT2D eigenvalue weighted by Gasteiger charge is -2.33. The Balaban J connectivity index is 1.51. The summed E-state index contributed by atoms with van der Waals surface area (Å²) < 4.78 is 18.9. The van der Waals surface area contributed by atoms with E-state index in [1.54, 1.807) is 6.08 Å². The van der Waals surface area contributed by atoms with E-state index in [1.165, 1.54) is 0 Å². The molecular formula is C28H30O4. The first-order chi connectivity index (χ1) is 15.8. The van der Waals surface area contributed by atoms with E-state index in [-0.39, 0.29) is 6.10 Å². The van der Waals surface area contributed by atoms with Crippen LogP contribution in [0.3, 0.4) is 0 Å². The van der Waals surface area contributed by atoms with Crippen LogP contribution in [0.2, 0.25) is 0 Å². The maximum Gasteiger partial charge on any atom is 0.116 e. The molecule has 3 aromatic carbocycles. The normalized spacial score (nSPS) is 23.0. The Bertz CT molecular complexity index is 943. The molecule has 166 valence electrons. The van der Waals surface area contributed by atoms with E-state index in [9.17, 15) is 5.11 Å². The van der Waals surface area contributed by atoms with Gasteiger partial charge in [0.15, 0.2) is 0 Å². The molecular weight excluding hydrogens is 400 g/mol. The van der Waals surface area contributed by atoms with Gasteiger partial charge in [0, 0.05) is 0 Å². The van der Waals surface area contributed by atoms with Crippen molar-refractivity contribution in [2.45, 2.75) is 50.7 Å². The molecule has 4 atom stereocenters. The number of aliphatic hydroxyl groups is 1. The second kappa shape index (κ2) is 11.7. The van der Waals surface area contributed by atoms with E-state index < -0.39 is 18.3 Å². The topological polar surface area (TPSA) is 47.9 Å². The van der Waals surface area contributed by atoms with Gasteiger partial charge in [-0.1, -0.05) is 103 Å². The van der Waals surface area contributed by atoms with Gasteiger partial charge in [-0.05, 0) is 23.1 Å². The Morgan fingerprint density at radius 2 is 1.03 bits per heavy atom. The third-order valence-electron chi connectivity index (χ3n) is 5.61. The zero-order valence-corrected chi connectivity index (χ0v) is 18.1. The molecule has 0 heterocycles. The van der Waals surface area contributed by atoms with Crippen LogP contribution in [0.25, 0.3) is 0 Å². The van der Waals surface area contributed by atoms with Crippen LogP contribution in [0.4, 0.5) is 0 Å². The van der Waals surface area contributed by atoms with Crippen molar-refractivity contribution in [3.63, 3.8) is 0 Å². The van der Waals surface area contributed by atoms with Gasteiger partial charge >= 0.3 is 0 Å². The van der Waals surface area contributed by atoms with E-state index in [4.69, 9.17) is 14.2 Å². The van der Waals surface area contributed by atoms with Crippen LogP contribution in [0, 0.1) is 0 Å². The summed E-state index contributed by atoms with van der Waals surface area (Å²) in [6.07, 6.45) is 2.42. The molecule has 4 heteroatoms. The maximum atomic E-state index is 10.9. The Hall–Kier alpha value is -2.76. The summed E-state index contributed by atoms with van der Waals surface area (Å²) in [4.78, 5) is 0. The highest BCUT2D eigenvalue weighted by Gasteiger charge is 2.37. The molecule has 0 bridgehead atoms. The van der Waals surface area contributed by atoms with Gasteiger partial charge in [0.1, 0.15) is 18.3 Å². The minimum Gasteiger partial charge on any atom is -0.386 e. The van der Waals surface area contributed by atoms with Gasteiger partial charge in [-0.2, -0.15) is 0 Å². The van der Waals surface area contributed by atoms with Gasteiger partial charge in [-0.25, -0.2) is 0 Å². The van der Waals surface area contributed by atoms with Crippen molar-refractivity contribution in [2.75, 3.05) is 0 Å². The zero-order chi connectivity index (χ0) is 22.0. The van der Waals surface area contributed by atoms with Crippen LogP contribution < -0.4 is 0 Å². The van der Waals surface area contributed by atoms with Crippen LogP contribution in [-0.4, -0.2) is 29.5 Å². The lowest BCUT2D eigenvalue weighted by molar-refractivity contribution is -0.168. The van der Waals surface area contributed by atoms with Crippen molar-refractivity contribution >= 4 is 0 Å². The van der Waals surface area contributed by atoms with Gasteiger partial charge in [0.05, 0.1) is 25.9 Å². The summed E-state index contributed by atoms with van der Waals surface area (Å²) in [6.45, 7) is 1.30. The summed E-state index contributed by atoms with van der Waals surface area (Å²) >= 11 is 0. The summed E-state index contributed by atoms with van der Waals surface area (Å²) in [5.41, 5.74) is 3.23. The first-order valence-corrected chi connectivity index (χ1v) is 11.1. The number of ether oxygens (including phenoxy) is 3. The van der Waals surface area contributed by atoms with E-state index in [1.807, 2.05) is 97.1 Å². The molecule has 3 aromatic rings. The zero-order valence-electron chi connectivity index (χ0n) is 18.1. The van der Waals surface area contributed by atoms with Gasteiger partial charge in [-0.3, -0.25) is 0 Å². The fraction of sp³-hybridized carbons (Fsp3) is 0.286. The average molecular weight is 431 g/mol. The highest BCUT2D eigenvalue weighted by Crippen LogP contribution is 2.25.